The lowest BCUT2D eigenvalue weighted by molar-refractivity contribution is 0.139. The van der Waals surface area contributed by atoms with Crippen LogP contribution in [0.1, 0.15) is 31.0 Å². The van der Waals surface area contributed by atoms with Crippen LogP contribution in [0.4, 0.5) is 0 Å². The summed E-state index contributed by atoms with van der Waals surface area (Å²) >= 11 is 0. The molecule has 22 heavy (non-hydrogen) atoms. The fraction of sp³-hybridized carbons (Fsp3) is 0.643. The predicted molar refractivity (Wildman–Crippen MR) is 77.4 cm³/mol. The summed E-state index contributed by atoms with van der Waals surface area (Å²) in [5, 5.41) is 18.5. The Morgan fingerprint density at radius 1 is 1.41 bits per heavy atom. The van der Waals surface area contributed by atoms with Gasteiger partial charge < -0.3 is 14.8 Å². The van der Waals surface area contributed by atoms with Crippen molar-refractivity contribution in [1.29, 1.82) is 0 Å². The lowest BCUT2D eigenvalue weighted by Crippen LogP contribution is -2.41. The molecule has 0 spiro atoms. The molecule has 4 rings (SSSR count). The van der Waals surface area contributed by atoms with Gasteiger partial charge in [-0.3, -0.25) is 5.10 Å². The van der Waals surface area contributed by atoms with Gasteiger partial charge in [0.2, 0.25) is 0 Å². The molecule has 0 radical (unpaired) electrons. The van der Waals surface area contributed by atoms with Crippen LogP contribution in [0.15, 0.2) is 18.6 Å². The zero-order chi connectivity index (χ0) is 14.8. The van der Waals surface area contributed by atoms with Crippen molar-refractivity contribution in [2.45, 2.75) is 44.0 Å². The first-order valence-electron chi connectivity index (χ1n) is 7.76. The number of hydrogen-bond donors (Lipinski definition) is 2. The van der Waals surface area contributed by atoms with E-state index in [0.29, 0.717) is 25.8 Å². The highest BCUT2D eigenvalue weighted by Gasteiger charge is 2.30. The van der Waals surface area contributed by atoms with Gasteiger partial charge in [-0.25, -0.2) is 4.68 Å². The van der Waals surface area contributed by atoms with E-state index < -0.39 is 0 Å². The number of aromatic nitrogens is 5. The zero-order valence-electron chi connectivity index (χ0n) is 12.3. The van der Waals surface area contributed by atoms with E-state index in [9.17, 15) is 0 Å². The molecule has 0 bridgehead atoms. The summed E-state index contributed by atoms with van der Waals surface area (Å²) in [6, 6.07) is 0.692. The highest BCUT2D eigenvalue weighted by molar-refractivity contribution is 5.11. The van der Waals surface area contributed by atoms with E-state index in [1.165, 1.54) is 19.3 Å². The Bertz CT molecular complexity index is 594. The van der Waals surface area contributed by atoms with Crippen LogP contribution in [0.2, 0.25) is 0 Å². The van der Waals surface area contributed by atoms with Crippen molar-refractivity contribution in [1.82, 2.24) is 30.5 Å². The Morgan fingerprint density at radius 2 is 2.36 bits per heavy atom. The lowest BCUT2D eigenvalue weighted by atomic mass is 9.93. The van der Waals surface area contributed by atoms with Crippen molar-refractivity contribution in [3.8, 4) is 5.75 Å². The van der Waals surface area contributed by atoms with Crippen LogP contribution < -0.4 is 10.1 Å². The number of hydrogen-bond acceptors (Lipinski definition) is 6. The molecule has 8 nitrogen and oxygen atoms in total. The topological polar surface area (TPSA) is 89.9 Å². The first kappa shape index (κ1) is 13.7. The molecule has 1 saturated heterocycles. The standard InChI is InChI=1S/C14H20N6O2/c1-2-11(3-1)20-7-10(18-19-20)4-15-13-8-21-9-14(13)22-12-5-16-17-6-12/h5-7,11,13-15H,1-4,8-9H2,(H,16,17)/t13-,14+/m0/s1. The van der Waals surface area contributed by atoms with Crippen LogP contribution >= 0.6 is 0 Å². The Hall–Kier alpha value is -1.93. The molecule has 2 fully saturated rings. The fourth-order valence-electron chi connectivity index (χ4n) is 2.78. The van der Waals surface area contributed by atoms with Gasteiger partial charge in [0.25, 0.3) is 0 Å². The van der Waals surface area contributed by atoms with Crippen molar-refractivity contribution in [2.75, 3.05) is 13.2 Å². The molecule has 2 aromatic rings. The Morgan fingerprint density at radius 3 is 3.14 bits per heavy atom. The van der Waals surface area contributed by atoms with Crippen LogP contribution in [-0.2, 0) is 11.3 Å². The van der Waals surface area contributed by atoms with Crippen LogP contribution in [0.3, 0.4) is 0 Å². The molecule has 1 aliphatic carbocycles. The summed E-state index contributed by atoms with van der Waals surface area (Å²) in [5.41, 5.74) is 0.959. The third-order valence-corrected chi connectivity index (χ3v) is 4.34. The number of H-pyrrole nitrogens is 1. The molecule has 2 atom stereocenters. The zero-order valence-corrected chi connectivity index (χ0v) is 12.3. The van der Waals surface area contributed by atoms with E-state index in [0.717, 1.165) is 11.4 Å². The van der Waals surface area contributed by atoms with Crippen LogP contribution in [0, 0.1) is 0 Å². The monoisotopic (exact) mass is 304 g/mol. The number of nitrogens with zero attached hydrogens (tertiary/aromatic N) is 4. The number of aromatic amines is 1. The largest absolute Gasteiger partial charge is 0.483 e. The smallest absolute Gasteiger partial charge is 0.157 e. The van der Waals surface area contributed by atoms with Crippen LogP contribution in [-0.4, -0.2) is 50.6 Å². The van der Waals surface area contributed by atoms with Gasteiger partial charge in [0.1, 0.15) is 6.10 Å². The molecule has 2 aromatic heterocycles. The average Bonchev–Trinajstić information content (AvgIpc) is 3.17. The SMILES string of the molecule is c1n[nH]cc1O[C@@H]1COC[C@@H]1NCc1cn(C2CCC2)nn1. The molecule has 2 aliphatic rings. The second kappa shape index (κ2) is 6.05. The molecule has 2 N–H and O–H groups in total. The van der Waals surface area contributed by atoms with Crippen molar-refractivity contribution < 1.29 is 9.47 Å². The van der Waals surface area contributed by atoms with Gasteiger partial charge in [0.15, 0.2) is 5.75 Å². The number of nitrogens with one attached hydrogen (secondary N) is 2. The molecular formula is C14H20N6O2. The summed E-state index contributed by atoms with van der Waals surface area (Å²) in [5.74, 6) is 0.734. The van der Waals surface area contributed by atoms with Gasteiger partial charge in [-0.2, -0.15) is 5.10 Å². The second-order valence-corrected chi connectivity index (χ2v) is 5.89. The van der Waals surface area contributed by atoms with Crippen molar-refractivity contribution in [3.63, 3.8) is 0 Å². The van der Waals surface area contributed by atoms with Gasteiger partial charge >= 0.3 is 0 Å². The summed E-state index contributed by atoms with van der Waals surface area (Å²) < 4.78 is 13.4. The second-order valence-electron chi connectivity index (χ2n) is 5.89. The lowest BCUT2D eigenvalue weighted by Gasteiger charge is -2.24. The van der Waals surface area contributed by atoms with E-state index in [1.807, 2.05) is 10.9 Å². The highest BCUT2D eigenvalue weighted by Crippen LogP contribution is 2.30. The first-order valence-corrected chi connectivity index (χ1v) is 7.76. The minimum absolute atomic E-state index is 0.0146. The maximum Gasteiger partial charge on any atom is 0.157 e. The van der Waals surface area contributed by atoms with Gasteiger partial charge in [-0.15, -0.1) is 5.10 Å². The molecule has 8 heteroatoms. The molecule has 0 aromatic carbocycles. The summed E-state index contributed by atoms with van der Waals surface area (Å²) in [6.45, 7) is 1.89. The van der Waals surface area contributed by atoms with E-state index in [-0.39, 0.29) is 12.1 Å². The molecule has 0 unspecified atom stereocenters. The van der Waals surface area contributed by atoms with Crippen molar-refractivity contribution in [3.05, 3.63) is 24.3 Å². The molecular weight excluding hydrogens is 284 g/mol. The molecule has 1 aliphatic heterocycles. The normalized spacial score (nSPS) is 25.3. The third-order valence-electron chi connectivity index (χ3n) is 4.34. The quantitative estimate of drug-likeness (QED) is 0.815. The maximum atomic E-state index is 5.86. The predicted octanol–water partition coefficient (Wildman–Crippen LogP) is 0.662. The third kappa shape index (κ3) is 2.84. The van der Waals surface area contributed by atoms with Crippen molar-refractivity contribution >= 4 is 0 Å². The fourth-order valence-corrected chi connectivity index (χ4v) is 2.78. The van der Waals surface area contributed by atoms with E-state index in [1.54, 1.807) is 12.4 Å². The molecule has 118 valence electrons. The molecule has 1 saturated carbocycles. The van der Waals surface area contributed by atoms with Gasteiger partial charge in [0.05, 0.1) is 49.6 Å². The van der Waals surface area contributed by atoms with E-state index in [4.69, 9.17) is 9.47 Å². The Labute approximate surface area is 128 Å². The van der Waals surface area contributed by atoms with E-state index in [2.05, 4.69) is 25.8 Å². The van der Waals surface area contributed by atoms with Crippen LogP contribution in [0.5, 0.6) is 5.75 Å². The van der Waals surface area contributed by atoms with Gasteiger partial charge in [0, 0.05) is 6.54 Å². The average molecular weight is 304 g/mol. The first-order chi connectivity index (χ1) is 10.9. The summed E-state index contributed by atoms with van der Waals surface area (Å²) in [7, 11) is 0. The van der Waals surface area contributed by atoms with Gasteiger partial charge in [-0.05, 0) is 19.3 Å². The highest BCUT2D eigenvalue weighted by atomic mass is 16.5. The Balaban J connectivity index is 1.31. The minimum Gasteiger partial charge on any atom is -0.483 e. The summed E-state index contributed by atoms with van der Waals surface area (Å²) in [4.78, 5) is 0. The maximum absolute atomic E-state index is 5.86. The van der Waals surface area contributed by atoms with Gasteiger partial charge in [-0.1, -0.05) is 5.21 Å². The minimum atomic E-state index is -0.0146. The van der Waals surface area contributed by atoms with Crippen molar-refractivity contribution in [2.24, 2.45) is 0 Å². The van der Waals surface area contributed by atoms with E-state index >= 15 is 0 Å². The number of ether oxygens (including phenoxy) is 2. The molecule has 3 heterocycles. The van der Waals surface area contributed by atoms with Crippen LogP contribution in [0.25, 0.3) is 0 Å². The Kier molecular flexibility index (Phi) is 3.77. The number of rotatable bonds is 6. The summed E-state index contributed by atoms with van der Waals surface area (Å²) in [6.07, 6.45) is 9.16. The molecule has 0 amide bonds.